The van der Waals surface area contributed by atoms with Crippen molar-refractivity contribution < 1.29 is 20.1 Å². The van der Waals surface area contributed by atoms with Gasteiger partial charge in [-0.2, -0.15) is 5.10 Å². The maximum atomic E-state index is 11.9. The van der Waals surface area contributed by atoms with Crippen LogP contribution in [0.25, 0.3) is 0 Å². The monoisotopic (exact) mass is 243 g/mol. The van der Waals surface area contributed by atoms with E-state index in [2.05, 4.69) is 10.4 Å². The first-order valence-corrected chi connectivity index (χ1v) is 5.13. The van der Waals surface area contributed by atoms with Crippen molar-refractivity contribution in [1.29, 1.82) is 0 Å². The van der Waals surface area contributed by atoms with Crippen molar-refractivity contribution in [1.82, 2.24) is 15.1 Å². The summed E-state index contributed by atoms with van der Waals surface area (Å²) in [5.41, 5.74) is -0.420. The second kappa shape index (κ2) is 5.26. The van der Waals surface area contributed by atoms with Crippen LogP contribution in [0.2, 0.25) is 0 Å². The van der Waals surface area contributed by atoms with Gasteiger partial charge in [0, 0.05) is 12.7 Å². The van der Waals surface area contributed by atoms with E-state index in [1.807, 2.05) is 0 Å². The van der Waals surface area contributed by atoms with Gasteiger partial charge in [-0.05, 0) is 6.92 Å². The molecule has 0 unspecified atom stereocenters. The third-order valence-electron chi connectivity index (χ3n) is 2.77. The summed E-state index contributed by atoms with van der Waals surface area (Å²) < 4.78 is 1.54. The zero-order valence-electron chi connectivity index (χ0n) is 9.84. The van der Waals surface area contributed by atoms with E-state index < -0.39 is 31.3 Å². The van der Waals surface area contributed by atoms with Gasteiger partial charge in [-0.1, -0.05) is 0 Å². The summed E-state index contributed by atoms with van der Waals surface area (Å²) in [4.78, 5) is 11.9. The second-order valence-electron chi connectivity index (χ2n) is 3.98. The van der Waals surface area contributed by atoms with Crippen LogP contribution in [0.5, 0.6) is 0 Å². The number of hydrogen-bond acceptors (Lipinski definition) is 5. The van der Waals surface area contributed by atoms with Crippen LogP contribution in [0.15, 0.2) is 6.20 Å². The molecule has 0 fully saturated rings. The molecular formula is C10H17N3O4. The van der Waals surface area contributed by atoms with Crippen LogP contribution in [0, 0.1) is 6.92 Å². The summed E-state index contributed by atoms with van der Waals surface area (Å²) in [5.74, 6) is -0.493. The second-order valence-corrected chi connectivity index (χ2v) is 3.98. The van der Waals surface area contributed by atoms with Crippen molar-refractivity contribution in [3.05, 3.63) is 17.5 Å². The van der Waals surface area contributed by atoms with E-state index in [0.717, 1.165) is 0 Å². The molecule has 7 heteroatoms. The molecule has 0 bridgehead atoms. The number of nitrogens with zero attached hydrogens (tertiary/aromatic N) is 2. The zero-order chi connectivity index (χ0) is 13.1. The van der Waals surface area contributed by atoms with Crippen LogP contribution in [0.1, 0.15) is 16.1 Å². The van der Waals surface area contributed by atoms with Crippen molar-refractivity contribution in [3.8, 4) is 0 Å². The van der Waals surface area contributed by atoms with Crippen LogP contribution in [0.4, 0.5) is 0 Å². The number of hydrogen-bond donors (Lipinski definition) is 4. The Bertz CT molecular complexity index is 390. The number of aliphatic hydroxyl groups excluding tert-OH is 3. The van der Waals surface area contributed by atoms with Gasteiger partial charge in [-0.15, -0.1) is 0 Å². The van der Waals surface area contributed by atoms with E-state index in [1.165, 1.54) is 10.9 Å². The van der Waals surface area contributed by atoms with Gasteiger partial charge >= 0.3 is 0 Å². The van der Waals surface area contributed by atoms with Gasteiger partial charge in [0.1, 0.15) is 5.54 Å². The van der Waals surface area contributed by atoms with Crippen LogP contribution in [0.3, 0.4) is 0 Å². The number of aliphatic hydroxyl groups is 3. The maximum absolute atomic E-state index is 11.9. The topological polar surface area (TPSA) is 108 Å². The SMILES string of the molecule is Cc1c(C(=O)NC(CO)(CO)CO)cnn1C. The molecule has 0 aromatic carbocycles. The Morgan fingerprint density at radius 3 is 2.29 bits per heavy atom. The minimum absolute atomic E-state index is 0.340. The molecule has 0 radical (unpaired) electrons. The van der Waals surface area contributed by atoms with Crippen molar-refractivity contribution in [3.63, 3.8) is 0 Å². The van der Waals surface area contributed by atoms with Gasteiger partial charge in [0.15, 0.2) is 0 Å². The Labute approximate surface area is 98.7 Å². The molecule has 0 saturated heterocycles. The lowest BCUT2D eigenvalue weighted by Crippen LogP contribution is -2.57. The molecule has 0 aliphatic heterocycles. The molecule has 7 nitrogen and oxygen atoms in total. The standard InChI is InChI=1S/C10H17N3O4/c1-7-8(3-11-13(7)2)9(17)12-10(4-14,5-15)6-16/h3,14-16H,4-6H2,1-2H3,(H,12,17). The first kappa shape index (κ1) is 13.6. The Hall–Kier alpha value is -1.44. The highest BCUT2D eigenvalue weighted by atomic mass is 16.3. The molecule has 1 aromatic heterocycles. The summed E-state index contributed by atoms with van der Waals surface area (Å²) in [7, 11) is 1.70. The summed E-state index contributed by atoms with van der Waals surface area (Å²) >= 11 is 0. The van der Waals surface area contributed by atoms with Crippen molar-refractivity contribution in [2.45, 2.75) is 12.5 Å². The average Bonchev–Trinajstić information content (AvgIpc) is 2.67. The third-order valence-corrected chi connectivity index (χ3v) is 2.77. The number of carbonyl (C=O) groups excluding carboxylic acids is 1. The quantitative estimate of drug-likeness (QED) is 0.487. The summed E-state index contributed by atoms with van der Waals surface area (Å²) in [6.07, 6.45) is 1.39. The van der Waals surface area contributed by atoms with E-state index in [9.17, 15) is 4.79 Å². The van der Waals surface area contributed by atoms with Crippen molar-refractivity contribution in [2.75, 3.05) is 19.8 Å². The fraction of sp³-hybridized carbons (Fsp3) is 0.600. The van der Waals surface area contributed by atoms with Crippen LogP contribution >= 0.6 is 0 Å². The number of aryl methyl sites for hydroxylation is 1. The Kier molecular flexibility index (Phi) is 4.22. The predicted molar refractivity (Wildman–Crippen MR) is 59.4 cm³/mol. The fourth-order valence-electron chi connectivity index (χ4n) is 1.30. The van der Waals surface area contributed by atoms with Gasteiger partial charge in [0.2, 0.25) is 0 Å². The minimum Gasteiger partial charge on any atom is -0.394 e. The van der Waals surface area contributed by atoms with Crippen molar-refractivity contribution >= 4 is 5.91 Å². The summed E-state index contributed by atoms with van der Waals surface area (Å²) in [6, 6.07) is 0. The number of amides is 1. The van der Waals surface area contributed by atoms with Gasteiger partial charge in [-0.3, -0.25) is 9.48 Å². The first-order chi connectivity index (χ1) is 7.99. The lowest BCUT2D eigenvalue weighted by molar-refractivity contribution is 0.0375. The number of nitrogens with one attached hydrogen (secondary N) is 1. The zero-order valence-corrected chi connectivity index (χ0v) is 9.84. The summed E-state index contributed by atoms with van der Waals surface area (Å²) in [6.45, 7) is 0.0710. The molecule has 1 aromatic rings. The van der Waals surface area contributed by atoms with Crippen LogP contribution in [-0.2, 0) is 7.05 Å². The van der Waals surface area contributed by atoms with Gasteiger partial charge in [0.05, 0.1) is 31.6 Å². The van der Waals surface area contributed by atoms with E-state index in [0.29, 0.717) is 11.3 Å². The first-order valence-electron chi connectivity index (χ1n) is 5.13. The fourth-order valence-corrected chi connectivity index (χ4v) is 1.30. The van der Waals surface area contributed by atoms with Crippen molar-refractivity contribution in [2.24, 2.45) is 7.05 Å². The Morgan fingerprint density at radius 2 is 1.94 bits per heavy atom. The molecule has 1 rings (SSSR count). The third kappa shape index (κ3) is 2.63. The summed E-state index contributed by atoms with van der Waals surface area (Å²) in [5, 5.41) is 33.6. The number of rotatable bonds is 5. The highest BCUT2D eigenvalue weighted by Gasteiger charge is 2.31. The largest absolute Gasteiger partial charge is 0.394 e. The van der Waals surface area contributed by atoms with Gasteiger partial charge in [-0.25, -0.2) is 0 Å². The molecule has 4 N–H and O–H groups in total. The molecule has 96 valence electrons. The lowest BCUT2D eigenvalue weighted by Gasteiger charge is -2.28. The van der Waals surface area contributed by atoms with Crippen LogP contribution in [-0.4, -0.2) is 56.4 Å². The Morgan fingerprint density at radius 1 is 1.41 bits per heavy atom. The molecule has 0 saturated carbocycles. The normalized spacial score (nSPS) is 11.6. The van der Waals surface area contributed by atoms with Gasteiger partial charge in [0.25, 0.3) is 5.91 Å². The van der Waals surface area contributed by atoms with E-state index in [-0.39, 0.29) is 0 Å². The highest BCUT2D eigenvalue weighted by molar-refractivity contribution is 5.95. The molecule has 0 aliphatic rings. The van der Waals surface area contributed by atoms with Gasteiger partial charge < -0.3 is 20.6 Å². The molecule has 0 spiro atoms. The molecule has 0 aliphatic carbocycles. The van der Waals surface area contributed by atoms with E-state index in [1.54, 1.807) is 14.0 Å². The smallest absolute Gasteiger partial charge is 0.255 e. The molecule has 0 atom stereocenters. The minimum atomic E-state index is -1.42. The molecule has 17 heavy (non-hydrogen) atoms. The molecule has 1 amide bonds. The van der Waals surface area contributed by atoms with Crippen LogP contribution < -0.4 is 5.32 Å². The van der Waals surface area contributed by atoms with E-state index >= 15 is 0 Å². The van der Waals surface area contributed by atoms with E-state index in [4.69, 9.17) is 15.3 Å². The average molecular weight is 243 g/mol. The maximum Gasteiger partial charge on any atom is 0.255 e. The number of aromatic nitrogens is 2. The Balaban J connectivity index is 2.88. The highest BCUT2D eigenvalue weighted by Crippen LogP contribution is 2.09. The number of carbonyl (C=O) groups is 1. The molecular weight excluding hydrogens is 226 g/mol. The molecule has 1 heterocycles. The lowest BCUT2D eigenvalue weighted by atomic mass is 10.0. The predicted octanol–water partition coefficient (Wildman–Crippen LogP) is -1.83.